The van der Waals surface area contributed by atoms with Gasteiger partial charge in [0, 0.05) is 0 Å². The number of carbonyl (C=O) groups is 1. The van der Waals surface area contributed by atoms with Crippen molar-refractivity contribution in [3.05, 3.63) is 35.4 Å². The van der Waals surface area contributed by atoms with E-state index in [4.69, 9.17) is 4.84 Å². The Kier molecular flexibility index (Phi) is 6.01. The van der Waals surface area contributed by atoms with E-state index in [-0.39, 0.29) is 18.6 Å². The normalized spacial score (nSPS) is 19.6. The Balaban J connectivity index is 1.81. The van der Waals surface area contributed by atoms with Gasteiger partial charge in [0.25, 0.3) is 5.91 Å². The van der Waals surface area contributed by atoms with Gasteiger partial charge in [-0.15, -0.1) is 0 Å². The van der Waals surface area contributed by atoms with E-state index in [1.807, 2.05) is 6.92 Å². The minimum absolute atomic E-state index is 0.0305. The Morgan fingerprint density at radius 3 is 2.61 bits per heavy atom. The smallest absolute Gasteiger partial charge is 0.292 e. The molecule has 7 heteroatoms. The van der Waals surface area contributed by atoms with E-state index in [1.165, 1.54) is 12.1 Å². The van der Waals surface area contributed by atoms with E-state index < -0.39 is 11.7 Å². The zero-order valence-electron chi connectivity index (χ0n) is 13.0. The number of carbonyl (C=O) groups excluding carboxylic acids is 1. The number of hydroxylamine groups is 1. The van der Waals surface area contributed by atoms with E-state index in [0.29, 0.717) is 5.56 Å². The fourth-order valence-corrected chi connectivity index (χ4v) is 2.71. The number of likely N-dealkylation sites (tertiary alicyclic amines) is 1. The van der Waals surface area contributed by atoms with Gasteiger partial charge in [-0.3, -0.25) is 14.5 Å². The Morgan fingerprint density at radius 2 is 2.00 bits per heavy atom. The number of amides is 1. The van der Waals surface area contributed by atoms with Gasteiger partial charge >= 0.3 is 6.18 Å². The average molecular weight is 330 g/mol. The molecule has 0 bridgehead atoms. The van der Waals surface area contributed by atoms with Crippen molar-refractivity contribution in [3.63, 3.8) is 0 Å². The van der Waals surface area contributed by atoms with Crippen LogP contribution in [0.5, 0.6) is 0 Å². The van der Waals surface area contributed by atoms with E-state index in [1.54, 1.807) is 0 Å². The number of likely N-dealkylation sites (N-methyl/N-ethyl adjacent to an activating group) is 1. The van der Waals surface area contributed by atoms with Crippen LogP contribution in [0.2, 0.25) is 0 Å². The summed E-state index contributed by atoms with van der Waals surface area (Å²) in [4.78, 5) is 19.4. The number of hydrogen-bond donors (Lipinski definition) is 1. The predicted octanol–water partition coefficient (Wildman–Crippen LogP) is 3.13. The summed E-state index contributed by atoms with van der Waals surface area (Å²) in [7, 11) is 0. The summed E-state index contributed by atoms with van der Waals surface area (Å²) in [5.41, 5.74) is 2.27. The molecule has 128 valence electrons. The minimum atomic E-state index is -4.35. The van der Waals surface area contributed by atoms with Crippen LogP contribution >= 0.6 is 0 Å². The molecule has 1 heterocycles. The van der Waals surface area contributed by atoms with Crippen LogP contribution in [-0.4, -0.2) is 29.9 Å². The molecule has 1 aliphatic rings. The van der Waals surface area contributed by atoms with Crippen molar-refractivity contribution >= 4 is 5.91 Å². The van der Waals surface area contributed by atoms with Crippen LogP contribution in [0.1, 0.15) is 37.3 Å². The van der Waals surface area contributed by atoms with Crippen LogP contribution in [0.15, 0.2) is 24.3 Å². The fraction of sp³-hybridized carbons (Fsp3) is 0.562. The van der Waals surface area contributed by atoms with Crippen molar-refractivity contribution in [2.75, 3.05) is 13.1 Å². The molecule has 1 fully saturated rings. The molecule has 1 aromatic carbocycles. The minimum Gasteiger partial charge on any atom is -0.292 e. The molecule has 0 saturated carbocycles. The summed E-state index contributed by atoms with van der Waals surface area (Å²) in [6, 6.07) is 4.49. The monoisotopic (exact) mass is 330 g/mol. The van der Waals surface area contributed by atoms with Gasteiger partial charge in [-0.1, -0.05) is 25.5 Å². The number of nitrogens with one attached hydrogen (secondary N) is 1. The average Bonchev–Trinajstić information content (AvgIpc) is 2.54. The SMILES string of the molecule is CCN1CCCC[C@H]1C(=O)NOCc1ccc(C(F)(F)F)cc1. The van der Waals surface area contributed by atoms with Gasteiger partial charge in [0.15, 0.2) is 0 Å². The van der Waals surface area contributed by atoms with Crippen LogP contribution < -0.4 is 5.48 Å². The molecule has 2 rings (SSSR count). The number of benzene rings is 1. The van der Waals surface area contributed by atoms with Crippen LogP contribution in [-0.2, 0) is 22.4 Å². The highest BCUT2D eigenvalue weighted by Crippen LogP contribution is 2.29. The zero-order chi connectivity index (χ0) is 16.9. The lowest BCUT2D eigenvalue weighted by molar-refractivity contribution is -0.141. The molecule has 1 aliphatic heterocycles. The summed E-state index contributed by atoms with van der Waals surface area (Å²) in [5.74, 6) is -0.196. The third-order valence-corrected chi connectivity index (χ3v) is 4.02. The van der Waals surface area contributed by atoms with Crippen molar-refractivity contribution in [2.24, 2.45) is 0 Å². The van der Waals surface area contributed by atoms with Gasteiger partial charge in [-0.05, 0) is 43.6 Å². The topological polar surface area (TPSA) is 41.6 Å². The van der Waals surface area contributed by atoms with E-state index >= 15 is 0 Å². The number of halogens is 3. The first-order valence-electron chi connectivity index (χ1n) is 7.73. The lowest BCUT2D eigenvalue weighted by atomic mass is 10.0. The molecule has 1 amide bonds. The lowest BCUT2D eigenvalue weighted by Crippen LogP contribution is -2.49. The number of piperidine rings is 1. The predicted molar refractivity (Wildman–Crippen MR) is 79.3 cm³/mol. The van der Waals surface area contributed by atoms with Gasteiger partial charge in [0.05, 0.1) is 18.2 Å². The largest absolute Gasteiger partial charge is 0.416 e. The van der Waals surface area contributed by atoms with Gasteiger partial charge in [-0.2, -0.15) is 13.2 Å². The highest BCUT2D eigenvalue weighted by Gasteiger charge is 2.30. The maximum Gasteiger partial charge on any atom is 0.416 e. The molecule has 0 spiro atoms. The van der Waals surface area contributed by atoms with Gasteiger partial charge in [-0.25, -0.2) is 5.48 Å². The third kappa shape index (κ3) is 4.94. The number of hydrogen-bond acceptors (Lipinski definition) is 3. The first kappa shape index (κ1) is 17.7. The van der Waals surface area contributed by atoms with Gasteiger partial charge in [0.1, 0.15) is 0 Å². The number of nitrogens with zero attached hydrogens (tertiary/aromatic N) is 1. The molecule has 23 heavy (non-hydrogen) atoms. The molecule has 0 unspecified atom stereocenters. The number of alkyl halides is 3. The summed E-state index contributed by atoms with van der Waals surface area (Å²) in [5, 5.41) is 0. The van der Waals surface area contributed by atoms with Crippen molar-refractivity contribution in [3.8, 4) is 0 Å². The lowest BCUT2D eigenvalue weighted by Gasteiger charge is -2.33. The quantitative estimate of drug-likeness (QED) is 0.844. The van der Waals surface area contributed by atoms with Crippen LogP contribution in [0.4, 0.5) is 13.2 Å². The molecule has 4 nitrogen and oxygen atoms in total. The molecule has 1 atom stereocenters. The van der Waals surface area contributed by atoms with E-state index in [9.17, 15) is 18.0 Å². The van der Waals surface area contributed by atoms with Crippen molar-refractivity contribution in [1.29, 1.82) is 0 Å². The van der Waals surface area contributed by atoms with E-state index in [2.05, 4.69) is 10.4 Å². The van der Waals surface area contributed by atoms with Crippen LogP contribution in [0.25, 0.3) is 0 Å². The second kappa shape index (κ2) is 7.79. The van der Waals surface area contributed by atoms with Crippen molar-refractivity contribution < 1.29 is 22.8 Å². The second-order valence-corrected chi connectivity index (χ2v) is 5.59. The molecule has 0 aliphatic carbocycles. The molecule has 1 N–H and O–H groups in total. The molecule has 1 saturated heterocycles. The Hall–Kier alpha value is -1.60. The van der Waals surface area contributed by atoms with Crippen LogP contribution in [0.3, 0.4) is 0 Å². The summed E-state index contributed by atoms with van der Waals surface area (Å²) >= 11 is 0. The molecular weight excluding hydrogens is 309 g/mol. The highest BCUT2D eigenvalue weighted by molar-refractivity contribution is 5.80. The van der Waals surface area contributed by atoms with Crippen LogP contribution in [0, 0.1) is 0 Å². The third-order valence-electron chi connectivity index (χ3n) is 4.02. The Morgan fingerprint density at radius 1 is 1.30 bits per heavy atom. The Labute approximate surface area is 133 Å². The molecule has 0 aromatic heterocycles. The summed E-state index contributed by atoms with van der Waals surface area (Å²) < 4.78 is 37.4. The first-order chi connectivity index (χ1) is 10.9. The highest BCUT2D eigenvalue weighted by atomic mass is 19.4. The molecule has 1 aromatic rings. The van der Waals surface area contributed by atoms with Gasteiger partial charge < -0.3 is 0 Å². The van der Waals surface area contributed by atoms with Crippen molar-refractivity contribution in [1.82, 2.24) is 10.4 Å². The zero-order valence-corrected chi connectivity index (χ0v) is 13.0. The molecular formula is C16H21F3N2O2. The first-order valence-corrected chi connectivity index (χ1v) is 7.73. The van der Waals surface area contributed by atoms with Gasteiger partial charge in [0.2, 0.25) is 0 Å². The summed E-state index contributed by atoms with van der Waals surface area (Å²) in [6.07, 6.45) is -1.46. The standard InChI is InChI=1S/C16H21F3N2O2/c1-2-21-10-4-3-5-14(21)15(22)20-23-11-12-6-8-13(9-7-12)16(17,18)19/h6-9,14H,2-5,10-11H2,1H3,(H,20,22)/t14-/m0/s1. The maximum atomic E-state index is 12.5. The number of rotatable bonds is 5. The van der Waals surface area contributed by atoms with E-state index in [0.717, 1.165) is 44.5 Å². The molecule has 0 radical (unpaired) electrons. The fourth-order valence-electron chi connectivity index (χ4n) is 2.71. The van der Waals surface area contributed by atoms with Crippen molar-refractivity contribution in [2.45, 2.75) is 45.0 Å². The second-order valence-electron chi connectivity index (χ2n) is 5.59. The Bertz CT molecular complexity index is 517. The maximum absolute atomic E-state index is 12.5. The summed E-state index contributed by atoms with van der Waals surface area (Å²) in [6.45, 7) is 3.74.